The zero-order valence-electron chi connectivity index (χ0n) is 53.2. The minimum absolute atomic E-state index is 0.110. The molecule has 25 heteroatoms. The third-order valence-electron chi connectivity index (χ3n) is 14.0. The lowest BCUT2D eigenvalue weighted by atomic mass is 10.1. The Bertz CT molecular complexity index is 3190. The number of thiazole rings is 1. The minimum Gasteiger partial charge on any atom is -0.480 e. The molecule has 5 heterocycles. The minimum atomic E-state index is -0.947. The molecule has 5 aromatic rings. The van der Waals surface area contributed by atoms with Gasteiger partial charge in [0.1, 0.15) is 41.0 Å². The predicted octanol–water partition coefficient (Wildman–Crippen LogP) is 8.27. The Labute approximate surface area is 531 Å². The number of amides is 4. The fourth-order valence-electron chi connectivity index (χ4n) is 9.78. The zero-order chi connectivity index (χ0) is 65.8. The molecular weight excluding hydrogens is 1170 g/mol. The fourth-order valence-corrected chi connectivity index (χ4v) is 10.6. The van der Waals surface area contributed by atoms with Crippen LogP contribution >= 0.6 is 11.3 Å². The van der Waals surface area contributed by atoms with Crippen LogP contribution in [0.15, 0.2) is 128 Å². The molecule has 4 unspecified atom stereocenters. The summed E-state index contributed by atoms with van der Waals surface area (Å²) in [6, 6.07) is 36.6. The number of piperazine rings is 4. The van der Waals surface area contributed by atoms with Gasteiger partial charge in [0.05, 0.1) is 45.3 Å². The first-order valence-corrected chi connectivity index (χ1v) is 30.5. The number of anilines is 4. The molecule has 4 aliphatic heterocycles. The van der Waals surface area contributed by atoms with Gasteiger partial charge in [0.15, 0.2) is 11.3 Å². The average molecular weight is 1260 g/mol. The molecule has 1 aromatic heterocycles. The van der Waals surface area contributed by atoms with Crippen LogP contribution in [0.2, 0.25) is 0 Å². The number of methoxy groups -OCH3 is 2. The summed E-state index contributed by atoms with van der Waals surface area (Å²) < 4.78 is 25.5. The number of hydrogen-bond acceptors (Lipinski definition) is 20. The van der Waals surface area contributed by atoms with E-state index in [1.807, 2.05) is 173 Å². The number of para-hydroxylation sites is 3. The van der Waals surface area contributed by atoms with Crippen LogP contribution in [0.5, 0.6) is 0 Å². The smallest absolute Gasteiger partial charge is 0.410 e. The number of ether oxygens (including phenoxy) is 5. The topological polar surface area (TPSA) is 269 Å². The lowest BCUT2D eigenvalue weighted by molar-refractivity contribution is -0.144. The highest BCUT2D eigenvalue weighted by Gasteiger charge is 2.39. The monoisotopic (exact) mass is 1260 g/mol. The van der Waals surface area contributed by atoms with Crippen molar-refractivity contribution < 1.29 is 62.4 Å². The molecule has 4 aliphatic rings. The van der Waals surface area contributed by atoms with Crippen LogP contribution in [0.25, 0.3) is 10.4 Å². The van der Waals surface area contributed by atoms with Gasteiger partial charge in [-0.3, -0.25) is 9.59 Å². The van der Waals surface area contributed by atoms with Crippen LogP contribution < -0.4 is 25.3 Å². The van der Waals surface area contributed by atoms with E-state index >= 15 is 0 Å². The summed E-state index contributed by atoms with van der Waals surface area (Å²) in [6.07, 6.45) is 2.67. The fraction of sp³-hybridized carbons (Fsp3) is 0.462. The second-order valence-electron chi connectivity index (χ2n) is 24.2. The van der Waals surface area contributed by atoms with Crippen molar-refractivity contribution in [1.82, 2.24) is 29.9 Å². The Morgan fingerprint density at radius 3 is 1.39 bits per heavy atom. The number of carboxylic acids is 1. The number of nitrogens with one attached hydrogen (secondary N) is 2. The van der Waals surface area contributed by atoms with Gasteiger partial charge >= 0.3 is 36.2 Å². The standard InChI is InChI=1S/C21H19N5OS.C17H24N2O4.C16H22N2O4.C11H20N2O4/c22-15-25-11-12-26(17-9-5-2-6-10-17)18(14-25)20(27)24-21-23-13-19(28-21)16-7-3-1-4-8-16;1-17(2,3)23-16(21)18-10-11-19(13-8-6-5-7-9-13)14(12-18)15(20)22-4;1-16(2,3)22-15(21)17-9-10-18(13(11-17)14(19)20)12-7-5-4-6-8-12;1-11(2,3)17-10(15)13-6-5-12-8(7-13)9(14)16-4/h1-10,13,18H,11-12,14H2,(H,23,24,27);5-9,14H,10-12H2,1-4H3;4-8,13H,9-11H2,1-3H3,(H,19,20);8,12H,5-7H2,1-4H3. The van der Waals surface area contributed by atoms with E-state index in [1.54, 1.807) is 36.8 Å². The second kappa shape index (κ2) is 32.4. The van der Waals surface area contributed by atoms with E-state index in [4.69, 9.17) is 18.9 Å². The van der Waals surface area contributed by atoms with E-state index in [-0.39, 0.29) is 37.5 Å². The maximum absolute atomic E-state index is 13.0. The number of carbonyl (C=O) groups is 7. The van der Waals surface area contributed by atoms with Crippen molar-refractivity contribution in [1.29, 1.82) is 5.26 Å². The number of nitriles is 1. The number of aromatic nitrogens is 1. The first-order chi connectivity index (χ1) is 42.7. The van der Waals surface area contributed by atoms with Crippen LogP contribution in [0, 0.1) is 11.5 Å². The van der Waals surface area contributed by atoms with Gasteiger partial charge in [-0.2, -0.15) is 5.26 Å². The first kappa shape index (κ1) is 69.9. The summed E-state index contributed by atoms with van der Waals surface area (Å²) in [5.74, 6) is -1.82. The number of nitrogens with zero attached hydrogens (tertiary/aromatic N) is 9. The third kappa shape index (κ3) is 21.3. The Balaban J connectivity index is 0.000000194. The Kier molecular flexibility index (Phi) is 25.2. The van der Waals surface area contributed by atoms with Gasteiger partial charge < -0.3 is 73.7 Å². The molecule has 0 spiro atoms. The van der Waals surface area contributed by atoms with Crippen molar-refractivity contribution in [3.63, 3.8) is 0 Å². The van der Waals surface area contributed by atoms with E-state index in [0.717, 1.165) is 27.5 Å². The molecule has 4 atom stereocenters. The molecule has 4 amide bonds. The summed E-state index contributed by atoms with van der Waals surface area (Å²) >= 11 is 1.44. The molecule has 4 aromatic carbocycles. The number of carboxylic acid groups (broad SMARTS) is 1. The maximum Gasteiger partial charge on any atom is 0.410 e. The van der Waals surface area contributed by atoms with Gasteiger partial charge in [-0.25, -0.2) is 29.0 Å². The van der Waals surface area contributed by atoms with Crippen molar-refractivity contribution in [2.45, 2.75) is 103 Å². The Morgan fingerprint density at radius 1 is 0.544 bits per heavy atom. The van der Waals surface area contributed by atoms with Crippen LogP contribution in [0.3, 0.4) is 0 Å². The van der Waals surface area contributed by atoms with Crippen molar-refractivity contribution >= 4 is 75.6 Å². The molecule has 0 aliphatic carbocycles. The summed E-state index contributed by atoms with van der Waals surface area (Å²) in [5, 5.41) is 25.3. The highest BCUT2D eigenvalue weighted by Crippen LogP contribution is 2.30. The molecule has 4 fully saturated rings. The highest BCUT2D eigenvalue weighted by atomic mass is 32.1. The Hall–Kier alpha value is -9.15. The van der Waals surface area contributed by atoms with Crippen LogP contribution in [-0.4, -0.2) is 206 Å². The second-order valence-corrected chi connectivity index (χ2v) is 25.3. The molecular formula is C65H85N11O13S. The average Bonchev–Trinajstić information content (AvgIpc) is 1.09. The number of carbonyl (C=O) groups excluding carboxylic acids is 6. The van der Waals surface area contributed by atoms with Gasteiger partial charge in [-0.15, -0.1) is 0 Å². The first-order valence-electron chi connectivity index (χ1n) is 29.6. The van der Waals surface area contributed by atoms with Crippen LogP contribution in [0.1, 0.15) is 62.3 Å². The molecule has 0 saturated carbocycles. The van der Waals surface area contributed by atoms with E-state index < -0.39 is 65.2 Å². The molecule has 24 nitrogen and oxygen atoms in total. The normalized spacial score (nSPS) is 18.4. The summed E-state index contributed by atoms with van der Waals surface area (Å²) in [5.41, 5.74) is 2.15. The van der Waals surface area contributed by atoms with E-state index in [9.17, 15) is 43.9 Å². The van der Waals surface area contributed by atoms with Crippen molar-refractivity contribution in [2.75, 3.05) is 113 Å². The van der Waals surface area contributed by atoms with Gasteiger partial charge in [0.2, 0.25) is 0 Å². The quantitative estimate of drug-likeness (QED) is 0.0711. The number of aliphatic carboxylic acids is 1. The van der Waals surface area contributed by atoms with Gasteiger partial charge in [0.25, 0.3) is 5.91 Å². The number of rotatable bonds is 9. The van der Waals surface area contributed by atoms with E-state index in [2.05, 4.69) is 31.4 Å². The lowest BCUT2D eigenvalue weighted by Gasteiger charge is -2.41. The summed E-state index contributed by atoms with van der Waals surface area (Å²) in [6.45, 7) is 21.5. The SMILES string of the molecule is CC(C)(C)OC(=O)N1CCN(c2ccccc2)C(C(=O)O)C1.COC(=O)C1CN(C(=O)OC(C)(C)C)CCN1.COC(=O)C1CN(C(=O)OC(C)(C)C)CCN1c1ccccc1.N#CN1CCN(c2ccccc2)C(C(=O)Nc2ncc(-c3ccccc3)s2)C1. The van der Waals surface area contributed by atoms with Gasteiger partial charge in [-0.05, 0) is 104 Å². The van der Waals surface area contributed by atoms with Gasteiger partial charge in [-0.1, -0.05) is 96.3 Å². The summed E-state index contributed by atoms with van der Waals surface area (Å²) in [4.78, 5) is 102. The molecule has 0 bridgehead atoms. The Morgan fingerprint density at radius 2 is 0.956 bits per heavy atom. The molecule has 4 saturated heterocycles. The number of benzene rings is 4. The van der Waals surface area contributed by atoms with E-state index in [1.165, 1.54) is 35.4 Å². The molecule has 3 N–H and O–H groups in total. The van der Waals surface area contributed by atoms with Crippen molar-refractivity contribution in [2.24, 2.45) is 0 Å². The molecule has 484 valence electrons. The lowest BCUT2D eigenvalue weighted by Crippen LogP contribution is -2.58. The van der Waals surface area contributed by atoms with E-state index in [0.29, 0.717) is 64.0 Å². The van der Waals surface area contributed by atoms with Crippen molar-refractivity contribution in [3.8, 4) is 16.6 Å². The van der Waals surface area contributed by atoms with Crippen molar-refractivity contribution in [3.05, 3.63) is 128 Å². The predicted molar refractivity (Wildman–Crippen MR) is 343 cm³/mol. The number of esters is 2. The zero-order valence-corrected chi connectivity index (χ0v) is 54.0. The largest absolute Gasteiger partial charge is 0.480 e. The molecule has 90 heavy (non-hydrogen) atoms. The summed E-state index contributed by atoms with van der Waals surface area (Å²) in [7, 11) is 2.69. The third-order valence-corrected chi connectivity index (χ3v) is 15.0. The van der Waals surface area contributed by atoms with Gasteiger partial charge in [0, 0.05) is 75.6 Å². The highest BCUT2D eigenvalue weighted by molar-refractivity contribution is 7.19. The number of hydrogen-bond donors (Lipinski definition) is 3. The molecule has 0 radical (unpaired) electrons. The van der Waals surface area contributed by atoms with Crippen LogP contribution in [0.4, 0.5) is 36.6 Å². The van der Waals surface area contributed by atoms with Crippen LogP contribution in [-0.2, 0) is 42.9 Å². The maximum atomic E-state index is 13.0. The molecule has 9 rings (SSSR count).